The van der Waals surface area contributed by atoms with Crippen LogP contribution in [-0.4, -0.2) is 29.9 Å². The number of ether oxygens (including phenoxy) is 1. The van der Waals surface area contributed by atoms with Gasteiger partial charge in [0.1, 0.15) is 0 Å². The molecule has 1 aromatic heterocycles. The molecule has 3 atom stereocenters. The van der Waals surface area contributed by atoms with Crippen LogP contribution in [-0.2, 0) is 10.2 Å². The van der Waals surface area contributed by atoms with E-state index in [1.165, 1.54) is 0 Å². The van der Waals surface area contributed by atoms with Crippen LogP contribution in [0.4, 0.5) is 0 Å². The van der Waals surface area contributed by atoms with Crippen molar-refractivity contribution in [3.05, 3.63) is 28.5 Å². The van der Waals surface area contributed by atoms with E-state index in [4.69, 9.17) is 4.74 Å². The molecule has 1 unspecified atom stereocenters. The van der Waals surface area contributed by atoms with Crippen LogP contribution in [0.15, 0.2) is 22.8 Å². The third-order valence-corrected chi connectivity index (χ3v) is 4.23. The van der Waals surface area contributed by atoms with Gasteiger partial charge in [-0.3, -0.25) is 4.98 Å². The Morgan fingerprint density at radius 3 is 2.73 bits per heavy atom. The van der Waals surface area contributed by atoms with Gasteiger partial charge in [0, 0.05) is 33.6 Å². The third kappa shape index (κ3) is 1.22. The largest absolute Gasteiger partial charge is 0.395 e. The number of fused-ring (bicyclic) bond motifs is 1. The first kappa shape index (κ1) is 9.75. The van der Waals surface area contributed by atoms with Crippen LogP contribution in [0, 0.1) is 11.8 Å². The molecule has 0 radical (unpaired) electrons. The van der Waals surface area contributed by atoms with Crippen LogP contribution in [0.3, 0.4) is 0 Å². The molecule has 15 heavy (non-hydrogen) atoms. The van der Waals surface area contributed by atoms with Gasteiger partial charge >= 0.3 is 0 Å². The lowest BCUT2D eigenvalue weighted by molar-refractivity contribution is 0.118. The Morgan fingerprint density at radius 1 is 1.47 bits per heavy atom. The minimum atomic E-state index is -0.112. The van der Waals surface area contributed by atoms with Crippen LogP contribution in [0.5, 0.6) is 0 Å². The minimum Gasteiger partial charge on any atom is -0.395 e. The van der Waals surface area contributed by atoms with Crippen molar-refractivity contribution >= 4 is 15.9 Å². The van der Waals surface area contributed by atoms with Gasteiger partial charge in [-0.25, -0.2) is 0 Å². The number of halogens is 1. The van der Waals surface area contributed by atoms with E-state index in [2.05, 4.69) is 20.9 Å². The first-order valence-electron chi connectivity index (χ1n) is 5.09. The Morgan fingerprint density at radius 2 is 2.20 bits per heavy atom. The zero-order valence-corrected chi connectivity index (χ0v) is 9.77. The number of aliphatic hydroxyl groups is 1. The quantitative estimate of drug-likeness (QED) is 0.882. The maximum absolute atomic E-state index is 9.58. The smallest absolute Gasteiger partial charge is 0.0550 e. The average molecular weight is 270 g/mol. The summed E-state index contributed by atoms with van der Waals surface area (Å²) in [6.07, 6.45) is 1.79. The minimum absolute atomic E-state index is 0.112. The predicted molar refractivity (Wildman–Crippen MR) is 58.5 cm³/mol. The van der Waals surface area contributed by atoms with Crippen molar-refractivity contribution < 1.29 is 9.84 Å². The van der Waals surface area contributed by atoms with Gasteiger partial charge in [0.25, 0.3) is 0 Å². The lowest BCUT2D eigenvalue weighted by atomic mass is 9.97. The Labute approximate surface area is 96.6 Å². The molecule has 1 saturated heterocycles. The molecular formula is C11H12BrNO2. The zero-order valence-electron chi connectivity index (χ0n) is 8.19. The van der Waals surface area contributed by atoms with Crippen molar-refractivity contribution in [1.82, 2.24) is 4.98 Å². The lowest BCUT2D eigenvalue weighted by Crippen LogP contribution is -2.23. The molecule has 1 saturated carbocycles. The van der Waals surface area contributed by atoms with Gasteiger partial charge in [0.2, 0.25) is 0 Å². The molecule has 2 heterocycles. The first-order valence-corrected chi connectivity index (χ1v) is 5.89. The van der Waals surface area contributed by atoms with Crippen LogP contribution in [0.25, 0.3) is 0 Å². The molecule has 3 nitrogen and oxygen atoms in total. The fraction of sp³-hybridized carbons (Fsp3) is 0.545. The van der Waals surface area contributed by atoms with Crippen molar-refractivity contribution in [2.24, 2.45) is 11.8 Å². The molecule has 0 aromatic carbocycles. The molecule has 2 aliphatic rings. The van der Waals surface area contributed by atoms with E-state index in [1.807, 2.05) is 12.1 Å². The van der Waals surface area contributed by atoms with Crippen molar-refractivity contribution in [3.63, 3.8) is 0 Å². The van der Waals surface area contributed by atoms with Gasteiger partial charge < -0.3 is 9.84 Å². The maximum atomic E-state index is 9.58. The summed E-state index contributed by atoms with van der Waals surface area (Å²) < 4.78 is 6.33. The highest BCUT2D eigenvalue weighted by Crippen LogP contribution is 2.62. The summed E-state index contributed by atoms with van der Waals surface area (Å²) in [6, 6.07) is 3.98. The molecule has 1 aliphatic heterocycles. The number of hydrogen-bond donors (Lipinski definition) is 1. The molecule has 3 rings (SSSR count). The summed E-state index contributed by atoms with van der Waals surface area (Å²) in [4.78, 5) is 4.40. The topological polar surface area (TPSA) is 42.4 Å². The number of nitrogens with zero attached hydrogens (tertiary/aromatic N) is 1. The average Bonchev–Trinajstić information content (AvgIpc) is 2.65. The summed E-state index contributed by atoms with van der Waals surface area (Å²) in [5.74, 6) is 0.937. The monoisotopic (exact) mass is 269 g/mol. The molecule has 1 aromatic rings. The zero-order chi connectivity index (χ0) is 10.5. The number of hydrogen-bond acceptors (Lipinski definition) is 3. The Hall–Kier alpha value is -0.450. The van der Waals surface area contributed by atoms with Crippen LogP contribution < -0.4 is 0 Å². The van der Waals surface area contributed by atoms with E-state index in [0.29, 0.717) is 11.8 Å². The first-order chi connectivity index (χ1) is 7.29. The SMILES string of the molecule is OCC1(c2ccc(Br)cn2)[C@@H]2COC[C@@H]21. The number of aromatic nitrogens is 1. The molecule has 0 spiro atoms. The molecule has 1 N–H and O–H groups in total. The highest BCUT2D eigenvalue weighted by molar-refractivity contribution is 9.10. The van der Waals surface area contributed by atoms with Crippen molar-refractivity contribution in [2.45, 2.75) is 5.41 Å². The second-order valence-corrected chi connectivity index (χ2v) is 5.23. The summed E-state index contributed by atoms with van der Waals surface area (Å²) in [5.41, 5.74) is 0.894. The summed E-state index contributed by atoms with van der Waals surface area (Å²) in [5, 5.41) is 9.58. The van der Waals surface area contributed by atoms with E-state index in [1.54, 1.807) is 6.20 Å². The van der Waals surface area contributed by atoms with Crippen molar-refractivity contribution in [3.8, 4) is 0 Å². The molecule has 80 valence electrons. The lowest BCUT2D eigenvalue weighted by Gasteiger charge is -2.17. The van der Waals surface area contributed by atoms with Gasteiger partial charge in [0.15, 0.2) is 0 Å². The molecule has 0 bridgehead atoms. The van der Waals surface area contributed by atoms with Gasteiger partial charge in [-0.1, -0.05) is 0 Å². The third-order valence-electron chi connectivity index (χ3n) is 3.76. The van der Waals surface area contributed by atoms with Crippen LogP contribution in [0.1, 0.15) is 5.69 Å². The number of pyridine rings is 1. The van der Waals surface area contributed by atoms with E-state index >= 15 is 0 Å². The summed E-state index contributed by atoms with van der Waals surface area (Å²) >= 11 is 3.37. The highest BCUT2D eigenvalue weighted by atomic mass is 79.9. The fourth-order valence-corrected chi connectivity index (χ4v) is 3.04. The van der Waals surface area contributed by atoms with Gasteiger partial charge in [-0.15, -0.1) is 0 Å². The number of rotatable bonds is 2. The Kier molecular flexibility index (Phi) is 2.13. The number of aliphatic hydroxyl groups excluding tert-OH is 1. The molecule has 0 amide bonds. The van der Waals surface area contributed by atoms with Crippen LogP contribution in [0.2, 0.25) is 0 Å². The van der Waals surface area contributed by atoms with Crippen LogP contribution >= 0.6 is 15.9 Å². The van der Waals surface area contributed by atoms with Crippen molar-refractivity contribution in [2.75, 3.05) is 19.8 Å². The highest BCUT2D eigenvalue weighted by Gasteiger charge is 2.68. The van der Waals surface area contributed by atoms with Gasteiger partial charge in [-0.2, -0.15) is 0 Å². The standard InChI is InChI=1S/C11H12BrNO2/c12-7-1-2-10(13-3-7)11(6-14)8-4-15-5-9(8)11/h1-3,8-9,14H,4-6H2/t8-,9+,11?. The van der Waals surface area contributed by atoms with E-state index in [9.17, 15) is 5.11 Å². The molecule has 2 fully saturated rings. The summed E-state index contributed by atoms with van der Waals surface area (Å²) in [7, 11) is 0. The second kappa shape index (κ2) is 3.27. The Balaban J connectivity index is 1.95. The molecule has 4 heteroatoms. The fourth-order valence-electron chi connectivity index (χ4n) is 2.80. The predicted octanol–water partition coefficient (Wildman–Crippen LogP) is 1.35. The van der Waals surface area contributed by atoms with E-state index < -0.39 is 0 Å². The van der Waals surface area contributed by atoms with E-state index in [-0.39, 0.29) is 12.0 Å². The summed E-state index contributed by atoms with van der Waals surface area (Å²) in [6.45, 7) is 1.71. The normalized spacial score (nSPS) is 37.7. The van der Waals surface area contributed by atoms with Gasteiger partial charge in [-0.05, 0) is 28.1 Å². The second-order valence-electron chi connectivity index (χ2n) is 4.31. The van der Waals surface area contributed by atoms with Crippen molar-refractivity contribution in [1.29, 1.82) is 0 Å². The Bertz CT molecular complexity index is 369. The van der Waals surface area contributed by atoms with Gasteiger partial charge in [0.05, 0.1) is 19.8 Å². The van der Waals surface area contributed by atoms with E-state index in [0.717, 1.165) is 23.4 Å². The molecule has 1 aliphatic carbocycles. The maximum Gasteiger partial charge on any atom is 0.0550 e. The molecular weight excluding hydrogens is 258 g/mol.